The van der Waals surface area contributed by atoms with Crippen molar-refractivity contribution in [3.63, 3.8) is 0 Å². The van der Waals surface area contributed by atoms with E-state index in [4.69, 9.17) is 0 Å². The maximum atomic E-state index is 13.8. The number of β-lactam (4-membered cyclic amide) rings is 1. The highest BCUT2D eigenvalue weighted by Gasteiger charge is 2.53. The van der Waals surface area contributed by atoms with Crippen molar-refractivity contribution in [1.82, 2.24) is 15.2 Å². The zero-order valence-corrected chi connectivity index (χ0v) is 30.9. The van der Waals surface area contributed by atoms with Gasteiger partial charge >= 0.3 is 6.61 Å². The van der Waals surface area contributed by atoms with E-state index in [9.17, 15) is 28.3 Å². The first kappa shape index (κ1) is 37.4. The summed E-state index contributed by atoms with van der Waals surface area (Å²) in [6.45, 7) is -1.12. The van der Waals surface area contributed by atoms with Gasteiger partial charge in [-0.15, -0.1) is 23.1 Å². The summed E-state index contributed by atoms with van der Waals surface area (Å²) in [6, 6.07) is 31.8. The number of halogens is 2. The minimum Gasteiger partial charge on any atom is -0.543 e. The van der Waals surface area contributed by atoms with Crippen LogP contribution < -0.4 is 20.3 Å². The summed E-state index contributed by atoms with van der Waals surface area (Å²) in [5.41, 5.74) is 2.29. The van der Waals surface area contributed by atoms with Crippen LogP contribution in [0.25, 0.3) is 0 Å². The number of hydrogen-bond acceptors (Lipinski definition) is 10. The molecule has 15 heteroatoms. The van der Waals surface area contributed by atoms with Crippen LogP contribution in [0.5, 0.6) is 0 Å². The van der Waals surface area contributed by atoms with E-state index in [0.717, 1.165) is 44.9 Å². The number of thioether (sulfide) groups is 1. The molecule has 2 atom stereocenters. The Morgan fingerprint density at radius 2 is 1.62 bits per heavy atom. The van der Waals surface area contributed by atoms with Crippen molar-refractivity contribution >= 4 is 51.7 Å². The number of carboxylic acid groups (broad SMARTS) is 1. The number of rotatable bonds is 14. The SMILES string of the molecule is CCc1ccc[n+](CC2=C(C(=O)[O-])N3C(=O)C(NC(=O)/C(=N/OC(F)F)c4csc(NC(c5ccccc5)(c5ccccc5)c5ccccc5)n4)[C@H]3SC2)c1. The van der Waals surface area contributed by atoms with Gasteiger partial charge in [0, 0.05) is 28.3 Å². The number of benzene rings is 3. The molecule has 5 aromatic rings. The van der Waals surface area contributed by atoms with Gasteiger partial charge in [-0.05, 0) is 29.2 Å². The minimum atomic E-state index is -3.35. The molecule has 4 heterocycles. The topological polar surface area (TPSA) is 140 Å². The molecule has 55 heavy (non-hydrogen) atoms. The second-order valence-electron chi connectivity index (χ2n) is 12.7. The molecule has 11 nitrogen and oxygen atoms in total. The first-order chi connectivity index (χ1) is 26.7. The highest BCUT2D eigenvalue weighted by molar-refractivity contribution is 8.00. The lowest BCUT2D eigenvalue weighted by Crippen LogP contribution is -2.71. The van der Waals surface area contributed by atoms with Gasteiger partial charge < -0.3 is 25.4 Å². The largest absolute Gasteiger partial charge is 0.543 e. The number of alkyl halides is 2. The molecule has 2 aliphatic heterocycles. The Balaban J connectivity index is 1.16. The fourth-order valence-corrected chi connectivity index (χ4v) is 8.87. The third-order valence-corrected chi connectivity index (χ3v) is 11.4. The average Bonchev–Trinajstić information content (AvgIpc) is 3.67. The fraction of sp³-hybridized carbons (Fsp3) is 0.200. The Kier molecular flexibility index (Phi) is 11.0. The van der Waals surface area contributed by atoms with Crippen LogP contribution in [-0.2, 0) is 37.7 Å². The monoisotopic (exact) mass is 780 g/mol. The molecule has 0 radical (unpaired) electrons. The number of carbonyl (C=O) groups is 3. The molecule has 0 bridgehead atoms. The Hall–Kier alpha value is -5.93. The molecule has 3 aromatic carbocycles. The molecule has 7 rings (SSSR count). The number of nitrogens with zero attached hydrogens (tertiary/aromatic N) is 4. The number of aromatic nitrogens is 2. The molecule has 0 spiro atoms. The molecule has 2 amide bonds. The number of hydrogen-bond donors (Lipinski definition) is 2. The highest BCUT2D eigenvalue weighted by Crippen LogP contribution is 2.42. The maximum Gasteiger partial charge on any atom is 0.407 e. The first-order valence-electron chi connectivity index (χ1n) is 17.3. The van der Waals surface area contributed by atoms with Crippen LogP contribution in [0.4, 0.5) is 13.9 Å². The second kappa shape index (κ2) is 16.2. The lowest BCUT2D eigenvalue weighted by molar-refractivity contribution is -0.689. The molecule has 0 saturated carbocycles. The van der Waals surface area contributed by atoms with Crippen molar-refractivity contribution in [2.24, 2.45) is 5.16 Å². The smallest absolute Gasteiger partial charge is 0.407 e. The van der Waals surface area contributed by atoms with Gasteiger partial charge in [-0.3, -0.25) is 14.5 Å². The normalized spacial score (nSPS) is 17.1. The standard InChI is InChI=1S/C40H34F2N6O5S2/c1-2-25-13-12-20-47(21-25)22-26-23-54-36-32(35(50)48(36)33(26)37(51)52)44-34(49)31(46-53-38(41)42)30-24-55-39(43-30)45-40(27-14-6-3-7-15-27,28-16-8-4-9-17-28)29-18-10-5-11-19-29/h3-21,24,32,36,38H,2,22-23H2,1H3,(H2-,43,44,45,49,51,52)/b46-31+/t32?,36-/m1/s1. The summed E-state index contributed by atoms with van der Waals surface area (Å²) in [7, 11) is 0. The number of aryl methyl sites for hydroxylation is 1. The zero-order valence-electron chi connectivity index (χ0n) is 29.3. The lowest BCUT2D eigenvalue weighted by atomic mass is 9.77. The van der Waals surface area contributed by atoms with Crippen LogP contribution in [0, 0.1) is 0 Å². The number of amides is 2. The van der Waals surface area contributed by atoms with E-state index in [1.807, 2.05) is 127 Å². The van der Waals surface area contributed by atoms with Crippen LogP contribution in [0.3, 0.4) is 0 Å². The van der Waals surface area contributed by atoms with E-state index >= 15 is 0 Å². The number of anilines is 1. The Labute approximate surface area is 323 Å². The number of carbonyl (C=O) groups excluding carboxylic acids is 3. The summed E-state index contributed by atoms with van der Waals surface area (Å²) in [5.74, 6) is -2.97. The molecule has 1 saturated heterocycles. The van der Waals surface area contributed by atoms with Crippen LogP contribution in [-0.4, -0.2) is 57.2 Å². The van der Waals surface area contributed by atoms with Gasteiger partial charge in [0.2, 0.25) is 0 Å². The van der Waals surface area contributed by atoms with Crippen molar-refractivity contribution in [2.75, 3.05) is 11.1 Å². The van der Waals surface area contributed by atoms with Crippen molar-refractivity contribution in [1.29, 1.82) is 0 Å². The van der Waals surface area contributed by atoms with Gasteiger partial charge in [-0.1, -0.05) is 103 Å². The van der Waals surface area contributed by atoms with E-state index in [1.54, 1.807) is 0 Å². The number of nitrogens with one attached hydrogen (secondary N) is 2. The number of fused-ring (bicyclic) bond motifs is 1. The van der Waals surface area contributed by atoms with Crippen molar-refractivity contribution < 1.29 is 37.7 Å². The van der Waals surface area contributed by atoms with Gasteiger partial charge in [0.15, 0.2) is 29.8 Å². The third-order valence-electron chi connectivity index (χ3n) is 9.33. The number of carboxylic acids is 1. The van der Waals surface area contributed by atoms with Crippen LogP contribution in [0.2, 0.25) is 0 Å². The summed E-state index contributed by atoms with van der Waals surface area (Å²) < 4.78 is 28.5. The first-order valence-corrected chi connectivity index (χ1v) is 19.2. The average molecular weight is 781 g/mol. The van der Waals surface area contributed by atoms with E-state index in [0.29, 0.717) is 10.7 Å². The molecule has 280 valence electrons. The third kappa shape index (κ3) is 7.57. The predicted octanol–water partition coefficient (Wildman–Crippen LogP) is 4.44. The quantitative estimate of drug-likeness (QED) is 0.0555. The van der Waals surface area contributed by atoms with Crippen LogP contribution in [0.15, 0.2) is 137 Å². The van der Waals surface area contributed by atoms with E-state index in [-0.39, 0.29) is 23.7 Å². The number of oxime groups is 1. The van der Waals surface area contributed by atoms with E-state index in [1.165, 1.54) is 17.1 Å². The van der Waals surface area contributed by atoms with Gasteiger partial charge in [0.1, 0.15) is 22.6 Å². The van der Waals surface area contributed by atoms with Gasteiger partial charge in [-0.25, -0.2) is 9.55 Å². The molecule has 2 aliphatic rings. The Bertz CT molecular complexity index is 2160. The van der Waals surface area contributed by atoms with E-state index < -0.39 is 47.1 Å². The van der Waals surface area contributed by atoms with Crippen LogP contribution >= 0.6 is 23.1 Å². The summed E-state index contributed by atoms with van der Waals surface area (Å²) >= 11 is 2.39. The van der Waals surface area contributed by atoms with Crippen LogP contribution in [0.1, 0.15) is 34.9 Å². The lowest BCUT2D eigenvalue weighted by Gasteiger charge is -2.50. The fourth-order valence-electron chi connectivity index (χ4n) is 6.79. The summed E-state index contributed by atoms with van der Waals surface area (Å²) in [4.78, 5) is 49.6. The molecule has 1 unspecified atom stereocenters. The maximum absolute atomic E-state index is 13.8. The molecule has 0 aliphatic carbocycles. The zero-order chi connectivity index (χ0) is 38.5. The van der Waals surface area contributed by atoms with Crippen molar-refractivity contribution in [3.05, 3.63) is 160 Å². The number of aliphatic carboxylic acids is 1. The van der Waals surface area contributed by atoms with Gasteiger partial charge in [0.25, 0.3) is 11.8 Å². The van der Waals surface area contributed by atoms with Crippen molar-refractivity contribution in [3.8, 4) is 0 Å². The predicted molar refractivity (Wildman–Crippen MR) is 202 cm³/mol. The summed E-state index contributed by atoms with van der Waals surface area (Å²) in [6.07, 6.45) is 4.51. The van der Waals surface area contributed by atoms with Gasteiger partial charge in [0.05, 0.1) is 11.7 Å². The molecular formula is C40H34F2N6O5S2. The molecule has 1 fully saturated rings. The molecular weight excluding hydrogens is 747 g/mol. The summed E-state index contributed by atoms with van der Waals surface area (Å²) in [5, 5.41) is 23.0. The Morgan fingerprint density at radius 1 is 1.00 bits per heavy atom. The van der Waals surface area contributed by atoms with E-state index in [2.05, 4.69) is 25.6 Å². The van der Waals surface area contributed by atoms with Crippen molar-refractivity contribution in [2.45, 2.75) is 43.5 Å². The second-order valence-corrected chi connectivity index (χ2v) is 14.6. The molecule has 2 aromatic heterocycles. The van der Waals surface area contributed by atoms with Gasteiger partial charge in [-0.2, -0.15) is 8.78 Å². The minimum absolute atomic E-state index is 0.0856. The molecule has 2 N–H and O–H groups in total. The highest BCUT2D eigenvalue weighted by atomic mass is 32.2. The Morgan fingerprint density at radius 3 is 2.18 bits per heavy atom. The number of thiazole rings is 1. The number of pyridine rings is 1.